The first kappa shape index (κ1) is 84.8. The Balaban J connectivity index is 0.000000298. The maximum absolute atomic E-state index is 10.7. The molecule has 6 aromatic carbocycles. The Kier molecular flexibility index (Phi) is 29.0. The number of carbonyl (C=O) groups excluding carboxylic acids is 2. The number of pyridine rings is 6. The zero-order chi connectivity index (χ0) is 76.4. The zero-order valence-electron chi connectivity index (χ0n) is 58.3. The van der Waals surface area contributed by atoms with Crippen LogP contribution < -0.4 is 18.9 Å². The number of fused-ring (bicyclic) bond motifs is 2. The van der Waals surface area contributed by atoms with Gasteiger partial charge in [0.2, 0.25) is 0 Å². The fraction of sp³-hybridized carbons (Fsp3) is 0.190. The number of rotatable bonds is 2. The van der Waals surface area contributed by atoms with E-state index in [-0.39, 0.29) is 34.1 Å². The van der Waals surface area contributed by atoms with Crippen molar-refractivity contribution in [2.45, 2.75) is 72.6 Å². The number of benzene rings is 6. The summed E-state index contributed by atoms with van der Waals surface area (Å²) in [6.45, 7) is 13.2. The van der Waals surface area contributed by atoms with E-state index >= 15 is 0 Å². The number of nitrogens with zero attached hydrogens (tertiary/aromatic N) is 6. The molecule has 0 unspecified atom stereocenters. The first-order chi connectivity index (χ1) is 49.3. The fourth-order valence-corrected chi connectivity index (χ4v) is 9.92. The topological polar surface area (TPSA) is 148 Å². The molecule has 6 aromatic heterocycles. The third kappa shape index (κ3) is 32.5. The number of hydrogen-bond donors (Lipinski definition) is 0. The molecule has 0 amide bonds. The van der Waals surface area contributed by atoms with E-state index in [4.69, 9.17) is 28.9 Å². The predicted molar refractivity (Wildman–Crippen MR) is 394 cm³/mol. The quantitative estimate of drug-likeness (QED) is 0.0921. The molecular formula is C79H76F12FeN6O6P2. The summed E-state index contributed by atoms with van der Waals surface area (Å²) in [6, 6.07) is 73.9. The molecule has 0 N–H and O–H groups in total. The van der Waals surface area contributed by atoms with Crippen molar-refractivity contribution in [1.82, 2.24) is 29.9 Å². The summed E-state index contributed by atoms with van der Waals surface area (Å²) >= 11 is 0. The Hall–Kier alpha value is -10.2. The second-order valence-corrected chi connectivity index (χ2v) is 28.1. The number of carbonyl (C=O) groups is 2. The Bertz CT molecular complexity index is 4350. The minimum absolute atomic E-state index is 0. The Morgan fingerprint density at radius 2 is 0.575 bits per heavy atom. The summed E-state index contributed by atoms with van der Waals surface area (Å²) in [7, 11) is -21.3. The normalized spacial score (nSPS) is 13.9. The van der Waals surface area contributed by atoms with Crippen molar-refractivity contribution in [3.63, 3.8) is 0 Å². The summed E-state index contributed by atoms with van der Waals surface area (Å²) in [5, 5.41) is 4.42. The number of aromatic nitrogens is 6. The first-order valence-electron chi connectivity index (χ1n) is 32.7. The predicted octanol–water partition coefficient (Wildman–Crippen LogP) is 25.1. The summed E-state index contributed by atoms with van der Waals surface area (Å²) in [4.78, 5) is 45.5. The third-order valence-electron chi connectivity index (χ3n) is 14.6. The molecule has 26 rings (SSSR count). The van der Waals surface area contributed by atoms with Crippen molar-refractivity contribution >= 4 is 48.7 Å². The molecule has 0 fully saturated rings. The standard InChI is InChI=1S/C53H48N2O4.2C10H8N2.2C3H6O.2F6P.Fe/c1-53(2)41-17-25-45(26-18-41)58-31-5-3-29-56-43-21-13-37(14-22-43)47-11-7-9-39-33-51(54-35-49(39)47)52-34-40-10-8-12-48(50(40)36-55-52)38-15-23-44(24-16-38)57-30-4-6-32-59-46-27-19-42(53)20-28-46;2*1-3-7-11-9(5-1)10-6-2-4-8-12-10;2*1-3(2)4;2*1-7(2,3,4,5)6;/h7-28,33-36H,3-6,29-32H2,1-2H3;2*1-8H;2*1-2H3;;;/q;;;;;2*-1;+2. The van der Waals surface area contributed by atoms with Crippen molar-refractivity contribution < 1.29 is 96.0 Å². The second-order valence-electron chi connectivity index (χ2n) is 24.3. The van der Waals surface area contributed by atoms with E-state index in [0.717, 1.165) is 127 Å². The summed E-state index contributed by atoms with van der Waals surface area (Å²) in [5.74, 6) is 3.81. The number of ether oxygens (including phenoxy) is 4. The second kappa shape index (κ2) is 36.2. The van der Waals surface area contributed by atoms with Gasteiger partial charge in [-0.2, -0.15) is 0 Å². The van der Waals surface area contributed by atoms with Crippen molar-refractivity contribution in [2.75, 3.05) is 26.4 Å². The van der Waals surface area contributed by atoms with Crippen LogP contribution in [0.25, 0.3) is 78.0 Å². The van der Waals surface area contributed by atoms with E-state index in [1.807, 2.05) is 109 Å². The number of hydrogen-bond acceptors (Lipinski definition) is 12. The van der Waals surface area contributed by atoms with E-state index in [2.05, 4.69) is 155 Å². The molecule has 12 nitrogen and oxygen atoms in total. The minimum atomic E-state index is -10.7. The van der Waals surface area contributed by atoms with Crippen LogP contribution in [0.15, 0.2) is 256 Å². The SMILES string of the molecule is CC(C)=O.CC(C)=O.CC1(C)c2ccc(cc2)OCCCCOc2ccc(cc2)-c2cccc3cc(ncc23)-c2cc3cccc(c3cn2)-c2ccc(cc2)OCCCCOc2ccc1cc2.F[P-](F)(F)(F)(F)F.F[P-](F)(F)(F)(F)F.[Fe+2].c1ccc(-c2ccccn2)nc1.c1ccc(-c2ccccn2)nc1. The largest absolute Gasteiger partial charge is 2.00 e. The van der Waals surface area contributed by atoms with Gasteiger partial charge in [0.15, 0.2) is 0 Å². The molecule has 27 heteroatoms. The number of halogens is 12. The molecular weight excluding hydrogens is 1470 g/mol. The third-order valence-corrected chi connectivity index (χ3v) is 14.6. The van der Waals surface area contributed by atoms with Crippen LogP contribution in [0.3, 0.4) is 0 Å². The molecule has 0 aliphatic carbocycles. The summed E-state index contributed by atoms with van der Waals surface area (Å²) in [6.07, 6.45) is 14.6. The van der Waals surface area contributed by atoms with Crippen molar-refractivity contribution in [2.24, 2.45) is 0 Å². The van der Waals surface area contributed by atoms with E-state index in [1.165, 1.54) is 38.8 Å². The van der Waals surface area contributed by atoms with Crippen LogP contribution in [-0.4, -0.2) is 67.9 Å². The Labute approximate surface area is 616 Å². The molecule has 0 radical (unpaired) electrons. The Morgan fingerprint density at radius 1 is 0.330 bits per heavy atom. The molecule has 12 aromatic rings. The number of ketones is 2. The van der Waals surface area contributed by atoms with Crippen LogP contribution >= 0.6 is 15.6 Å². The van der Waals surface area contributed by atoms with Crippen molar-refractivity contribution in [3.05, 3.63) is 267 Å². The van der Waals surface area contributed by atoms with Crippen LogP contribution in [0.2, 0.25) is 0 Å². The number of Topliss-reactive ketones (excluding diaryl/α,β-unsaturated/α-hetero) is 2. The maximum atomic E-state index is 9.87. The molecule has 14 aliphatic heterocycles. The van der Waals surface area contributed by atoms with Crippen LogP contribution in [0.5, 0.6) is 23.0 Å². The Morgan fingerprint density at radius 3 is 0.811 bits per heavy atom. The van der Waals surface area contributed by atoms with Crippen molar-refractivity contribution in [3.8, 4) is 79.4 Å². The molecule has 560 valence electrons. The van der Waals surface area contributed by atoms with E-state index in [0.29, 0.717) is 26.4 Å². The first-order valence-corrected chi connectivity index (χ1v) is 36.8. The van der Waals surface area contributed by atoms with Gasteiger partial charge in [-0.05, 0) is 207 Å². The van der Waals surface area contributed by atoms with Crippen molar-refractivity contribution in [1.29, 1.82) is 0 Å². The average molecular weight is 1550 g/mol. The molecule has 14 aliphatic rings. The van der Waals surface area contributed by atoms with Gasteiger partial charge >= 0.3 is 83.0 Å². The maximum Gasteiger partial charge on any atom is 2.00 e. The van der Waals surface area contributed by atoms with Gasteiger partial charge in [0.05, 0.1) is 60.6 Å². The van der Waals surface area contributed by atoms with Crippen LogP contribution in [-0.2, 0) is 32.1 Å². The van der Waals surface area contributed by atoms with Gasteiger partial charge in [-0.1, -0.05) is 123 Å². The van der Waals surface area contributed by atoms with Gasteiger partial charge in [0.25, 0.3) is 0 Å². The monoisotopic (exact) mass is 1550 g/mol. The molecule has 16 bridgehead atoms. The molecule has 0 atom stereocenters. The molecule has 0 saturated heterocycles. The average Bonchev–Trinajstić information content (AvgIpc) is 0.773. The van der Waals surface area contributed by atoms with Gasteiger partial charge in [-0.25, -0.2) is 0 Å². The molecule has 0 spiro atoms. The van der Waals surface area contributed by atoms with Gasteiger partial charge in [0, 0.05) is 53.4 Å². The summed E-state index contributed by atoms with van der Waals surface area (Å²) < 4.78 is 143. The molecule has 106 heavy (non-hydrogen) atoms. The van der Waals surface area contributed by atoms with Gasteiger partial charge in [-0.15, -0.1) is 0 Å². The van der Waals surface area contributed by atoms with E-state index < -0.39 is 15.6 Å². The van der Waals surface area contributed by atoms with Crippen LogP contribution in [0.1, 0.15) is 78.4 Å². The van der Waals surface area contributed by atoms with Crippen LogP contribution in [0, 0.1) is 0 Å². The smallest absolute Gasteiger partial charge is 0.255 e. The fourth-order valence-electron chi connectivity index (χ4n) is 9.92. The summed E-state index contributed by atoms with van der Waals surface area (Å²) in [5.41, 5.74) is 12.1. The van der Waals surface area contributed by atoms with E-state index in [1.54, 1.807) is 24.8 Å². The van der Waals surface area contributed by atoms with Crippen LogP contribution in [0.4, 0.5) is 50.4 Å². The van der Waals surface area contributed by atoms with E-state index in [9.17, 15) is 60.0 Å². The van der Waals surface area contributed by atoms with Gasteiger partial charge < -0.3 is 28.5 Å². The minimum Gasteiger partial charge on any atom is -0.255 e. The molecule has 20 heterocycles. The molecule has 0 saturated carbocycles. The zero-order valence-corrected chi connectivity index (χ0v) is 61.2. The van der Waals surface area contributed by atoms with Gasteiger partial charge in [-0.3, -0.25) is 29.9 Å². The van der Waals surface area contributed by atoms with Gasteiger partial charge in [0.1, 0.15) is 34.6 Å².